The number of rotatable bonds is 4. The van der Waals surface area contributed by atoms with E-state index in [2.05, 4.69) is 32.8 Å². The van der Waals surface area contributed by atoms with Crippen LogP contribution in [0.2, 0.25) is 0 Å². The fraction of sp³-hybridized carbons (Fsp3) is 0.300. The van der Waals surface area contributed by atoms with Crippen LogP contribution in [0.5, 0.6) is 0 Å². The Kier molecular flexibility index (Phi) is 3.96. The monoisotopic (exact) mass is 240 g/mol. The van der Waals surface area contributed by atoms with Crippen molar-refractivity contribution in [2.24, 2.45) is 0 Å². The SMILES string of the molecule is C=CCCNc1ncc(C)cc1Br. The van der Waals surface area contributed by atoms with Gasteiger partial charge >= 0.3 is 0 Å². The van der Waals surface area contributed by atoms with Crippen LogP contribution in [0.15, 0.2) is 29.4 Å². The lowest BCUT2D eigenvalue weighted by Gasteiger charge is -2.06. The molecule has 0 spiro atoms. The second kappa shape index (κ2) is 5.02. The lowest BCUT2D eigenvalue weighted by molar-refractivity contribution is 1.04. The summed E-state index contributed by atoms with van der Waals surface area (Å²) in [6, 6.07) is 2.04. The Bertz CT molecular complexity index is 297. The van der Waals surface area contributed by atoms with E-state index >= 15 is 0 Å². The van der Waals surface area contributed by atoms with Crippen LogP contribution in [0.3, 0.4) is 0 Å². The van der Waals surface area contributed by atoms with Crippen LogP contribution in [0, 0.1) is 6.92 Å². The van der Waals surface area contributed by atoms with Gasteiger partial charge in [0.15, 0.2) is 0 Å². The Morgan fingerprint density at radius 2 is 2.46 bits per heavy atom. The van der Waals surface area contributed by atoms with E-state index in [-0.39, 0.29) is 0 Å². The van der Waals surface area contributed by atoms with Gasteiger partial charge in [0.2, 0.25) is 0 Å². The van der Waals surface area contributed by atoms with Crippen molar-refractivity contribution in [2.75, 3.05) is 11.9 Å². The van der Waals surface area contributed by atoms with E-state index in [1.165, 1.54) is 0 Å². The van der Waals surface area contributed by atoms with Crippen LogP contribution in [0.1, 0.15) is 12.0 Å². The van der Waals surface area contributed by atoms with E-state index in [9.17, 15) is 0 Å². The molecule has 1 heterocycles. The number of pyridine rings is 1. The molecule has 0 aliphatic rings. The van der Waals surface area contributed by atoms with E-state index in [1.54, 1.807) is 0 Å². The van der Waals surface area contributed by atoms with Crippen molar-refractivity contribution in [1.29, 1.82) is 0 Å². The lowest BCUT2D eigenvalue weighted by atomic mass is 10.3. The quantitative estimate of drug-likeness (QED) is 0.647. The third-order valence-corrected chi connectivity index (χ3v) is 2.22. The Hall–Kier alpha value is -0.830. The Balaban J connectivity index is 2.61. The Labute approximate surface area is 87.2 Å². The molecule has 0 radical (unpaired) electrons. The summed E-state index contributed by atoms with van der Waals surface area (Å²) in [7, 11) is 0. The third kappa shape index (κ3) is 3.19. The summed E-state index contributed by atoms with van der Waals surface area (Å²) in [5.41, 5.74) is 1.15. The number of aryl methyl sites for hydroxylation is 1. The van der Waals surface area contributed by atoms with E-state index in [0.29, 0.717) is 0 Å². The van der Waals surface area contributed by atoms with E-state index < -0.39 is 0 Å². The summed E-state index contributed by atoms with van der Waals surface area (Å²) in [6.07, 6.45) is 4.68. The molecule has 1 aromatic rings. The lowest BCUT2D eigenvalue weighted by Crippen LogP contribution is -2.02. The number of hydrogen-bond donors (Lipinski definition) is 1. The van der Waals surface area contributed by atoms with Crippen LogP contribution < -0.4 is 5.32 Å². The largest absolute Gasteiger partial charge is 0.369 e. The predicted molar refractivity (Wildman–Crippen MR) is 60.0 cm³/mol. The van der Waals surface area contributed by atoms with Gasteiger partial charge in [-0.05, 0) is 40.9 Å². The molecule has 70 valence electrons. The second-order valence-electron chi connectivity index (χ2n) is 2.85. The first kappa shape index (κ1) is 10.3. The number of hydrogen-bond acceptors (Lipinski definition) is 2. The summed E-state index contributed by atoms with van der Waals surface area (Å²) in [6.45, 7) is 6.55. The fourth-order valence-electron chi connectivity index (χ4n) is 0.956. The normalized spacial score (nSPS) is 9.69. The van der Waals surface area contributed by atoms with Gasteiger partial charge in [0.25, 0.3) is 0 Å². The van der Waals surface area contributed by atoms with Crippen molar-refractivity contribution in [2.45, 2.75) is 13.3 Å². The topological polar surface area (TPSA) is 24.9 Å². The van der Waals surface area contributed by atoms with Gasteiger partial charge in [-0.15, -0.1) is 6.58 Å². The molecule has 1 rings (SSSR count). The highest BCUT2D eigenvalue weighted by Crippen LogP contribution is 2.20. The van der Waals surface area contributed by atoms with Crippen LogP contribution in [0.4, 0.5) is 5.82 Å². The van der Waals surface area contributed by atoms with Gasteiger partial charge in [-0.3, -0.25) is 0 Å². The number of anilines is 1. The minimum atomic E-state index is 0.873. The zero-order valence-corrected chi connectivity index (χ0v) is 9.26. The third-order valence-electron chi connectivity index (χ3n) is 1.62. The first-order valence-corrected chi connectivity index (χ1v) is 5.00. The smallest absolute Gasteiger partial charge is 0.140 e. The van der Waals surface area contributed by atoms with E-state index in [0.717, 1.165) is 28.8 Å². The van der Waals surface area contributed by atoms with Crippen molar-refractivity contribution in [3.05, 3.63) is 35.0 Å². The number of aromatic nitrogens is 1. The molecule has 2 nitrogen and oxygen atoms in total. The average molecular weight is 241 g/mol. The summed E-state index contributed by atoms with van der Waals surface area (Å²) < 4.78 is 1.01. The maximum absolute atomic E-state index is 4.26. The Morgan fingerprint density at radius 1 is 1.69 bits per heavy atom. The Morgan fingerprint density at radius 3 is 3.08 bits per heavy atom. The van der Waals surface area contributed by atoms with Gasteiger partial charge in [-0.25, -0.2) is 4.98 Å². The van der Waals surface area contributed by atoms with Crippen molar-refractivity contribution in [1.82, 2.24) is 4.98 Å². The minimum Gasteiger partial charge on any atom is -0.369 e. The maximum atomic E-state index is 4.26. The number of nitrogens with zero attached hydrogens (tertiary/aromatic N) is 1. The molecule has 0 bridgehead atoms. The van der Waals surface area contributed by atoms with Gasteiger partial charge in [0, 0.05) is 12.7 Å². The molecular formula is C10H13BrN2. The van der Waals surface area contributed by atoms with Crippen molar-refractivity contribution >= 4 is 21.7 Å². The molecule has 0 saturated carbocycles. The average Bonchev–Trinajstić information content (AvgIpc) is 2.09. The highest BCUT2D eigenvalue weighted by Gasteiger charge is 1.99. The molecule has 1 aromatic heterocycles. The predicted octanol–water partition coefficient (Wildman–Crippen LogP) is 3.14. The summed E-state index contributed by atoms with van der Waals surface area (Å²) in [4.78, 5) is 4.26. The minimum absolute atomic E-state index is 0.873. The standard InChI is InChI=1S/C10H13BrN2/c1-3-4-5-12-10-9(11)6-8(2)7-13-10/h3,6-7H,1,4-5H2,2H3,(H,12,13). The van der Waals surface area contributed by atoms with Crippen LogP contribution in [-0.2, 0) is 0 Å². The van der Waals surface area contributed by atoms with Gasteiger partial charge in [-0.1, -0.05) is 6.08 Å². The molecule has 0 aromatic carbocycles. The van der Waals surface area contributed by atoms with Crippen molar-refractivity contribution in [3.63, 3.8) is 0 Å². The molecule has 3 heteroatoms. The van der Waals surface area contributed by atoms with E-state index in [4.69, 9.17) is 0 Å². The summed E-state index contributed by atoms with van der Waals surface area (Å²) >= 11 is 3.45. The molecule has 0 fully saturated rings. The first-order valence-electron chi connectivity index (χ1n) is 4.21. The van der Waals surface area contributed by atoms with E-state index in [1.807, 2.05) is 25.3 Å². The zero-order chi connectivity index (χ0) is 9.68. The highest BCUT2D eigenvalue weighted by molar-refractivity contribution is 9.10. The molecular weight excluding hydrogens is 228 g/mol. The van der Waals surface area contributed by atoms with Crippen LogP contribution >= 0.6 is 15.9 Å². The molecule has 0 unspecified atom stereocenters. The molecule has 13 heavy (non-hydrogen) atoms. The first-order chi connectivity index (χ1) is 6.24. The maximum Gasteiger partial charge on any atom is 0.140 e. The second-order valence-corrected chi connectivity index (χ2v) is 3.70. The van der Waals surface area contributed by atoms with Crippen LogP contribution in [0.25, 0.3) is 0 Å². The molecule has 0 aliphatic heterocycles. The molecule has 0 saturated heterocycles. The van der Waals surface area contributed by atoms with Crippen molar-refractivity contribution in [3.8, 4) is 0 Å². The van der Waals surface area contributed by atoms with Gasteiger partial charge in [0.05, 0.1) is 4.47 Å². The van der Waals surface area contributed by atoms with Gasteiger partial charge < -0.3 is 5.32 Å². The van der Waals surface area contributed by atoms with Crippen LogP contribution in [-0.4, -0.2) is 11.5 Å². The molecule has 0 amide bonds. The number of halogens is 1. The highest BCUT2D eigenvalue weighted by atomic mass is 79.9. The molecule has 1 N–H and O–H groups in total. The summed E-state index contributed by atoms with van der Waals surface area (Å²) in [5, 5.41) is 3.21. The van der Waals surface area contributed by atoms with Gasteiger partial charge in [-0.2, -0.15) is 0 Å². The zero-order valence-electron chi connectivity index (χ0n) is 7.68. The summed E-state index contributed by atoms with van der Waals surface area (Å²) in [5.74, 6) is 0.896. The van der Waals surface area contributed by atoms with Gasteiger partial charge in [0.1, 0.15) is 5.82 Å². The molecule has 0 atom stereocenters. The number of nitrogens with one attached hydrogen (secondary N) is 1. The van der Waals surface area contributed by atoms with Crippen molar-refractivity contribution < 1.29 is 0 Å². The molecule has 0 aliphatic carbocycles. The fourth-order valence-corrected chi connectivity index (χ4v) is 1.56.